The first kappa shape index (κ1) is 23.8. The van der Waals surface area contributed by atoms with E-state index >= 15 is 0 Å². The fourth-order valence-electron chi connectivity index (χ4n) is 4.35. The van der Waals surface area contributed by atoms with Crippen LogP contribution >= 0.6 is 0 Å². The Kier molecular flexibility index (Phi) is 8.93. The molecule has 0 radical (unpaired) electrons. The van der Waals surface area contributed by atoms with Crippen LogP contribution in [0, 0.1) is 0 Å². The Labute approximate surface area is 188 Å². The normalized spacial score (nSPS) is 22.6. The Morgan fingerprint density at radius 2 is 1.31 bits per heavy atom. The molecule has 1 fully saturated rings. The van der Waals surface area contributed by atoms with E-state index in [0.717, 1.165) is 0 Å². The van der Waals surface area contributed by atoms with Crippen molar-refractivity contribution in [2.75, 3.05) is 0 Å². The minimum atomic E-state index is -1.54. The Balaban J connectivity index is 0.00000113. The van der Waals surface area contributed by atoms with Crippen molar-refractivity contribution in [2.45, 2.75) is 28.3 Å². The summed E-state index contributed by atoms with van der Waals surface area (Å²) in [6.07, 6.45) is 10.3. The van der Waals surface area contributed by atoms with E-state index in [0.29, 0.717) is 0 Å². The Morgan fingerprint density at radius 3 is 1.88 bits per heavy atom. The van der Waals surface area contributed by atoms with E-state index < -0.39 is 8.07 Å². The zero-order chi connectivity index (χ0) is 15.8. The zero-order valence-corrected chi connectivity index (χ0v) is 19.3. The molecule has 1 saturated heterocycles. The summed E-state index contributed by atoms with van der Waals surface area (Å²) in [6, 6.07) is 25.1. The van der Waals surface area contributed by atoms with E-state index in [1.807, 2.05) is 0 Å². The van der Waals surface area contributed by atoms with E-state index in [9.17, 15) is 0 Å². The summed E-state index contributed by atoms with van der Waals surface area (Å²) in [5, 5.41) is 1.65. The fourth-order valence-corrected chi connectivity index (χ4v) is 12.1. The van der Waals surface area contributed by atoms with Crippen molar-refractivity contribution in [1.29, 1.82) is 0 Å². The van der Waals surface area contributed by atoms with E-state index in [1.54, 1.807) is 5.19 Å². The predicted molar refractivity (Wildman–Crippen MR) is 96.9 cm³/mol. The molecule has 134 valence electrons. The third kappa shape index (κ3) is 4.09. The quantitative estimate of drug-likeness (QED) is 0.415. The minimum absolute atomic E-state index is 0. The van der Waals surface area contributed by atoms with Gasteiger partial charge in [-0.1, -0.05) is 0 Å². The third-order valence-corrected chi connectivity index (χ3v) is 14.1. The number of hydrogen-bond donors (Lipinski definition) is 0. The first-order chi connectivity index (χ1) is 11.2. The van der Waals surface area contributed by atoms with Crippen LogP contribution in [0.3, 0.4) is 0 Å². The van der Waals surface area contributed by atoms with Crippen LogP contribution in [-0.4, -0.2) is 8.07 Å². The molecular weight excluding hydrogens is 435 g/mol. The molecule has 0 bridgehead atoms. The number of hydrogen-bond acceptors (Lipinski definition) is 0. The van der Waals surface area contributed by atoms with Crippen LogP contribution in [0.5, 0.6) is 0 Å². The summed E-state index contributed by atoms with van der Waals surface area (Å²) >= 11 is 2.49. The molecule has 0 spiro atoms. The van der Waals surface area contributed by atoms with Gasteiger partial charge in [0.2, 0.25) is 0 Å². The van der Waals surface area contributed by atoms with E-state index in [4.69, 9.17) is 0 Å². The second kappa shape index (κ2) is 9.78. The molecule has 4 rings (SSSR count). The van der Waals surface area contributed by atoms with Gasteiger partial charge < -0.3 is 37.2 Å². The molecule has 0 saturated carbocycles. The van der Waals surface area contributed by atoms with Gasteiger partial charge in [0.1, 0.15) is 0 Å². The van der Waals surface area contributed by atoms with Crippen molar-refractivity contribution >= 4 is 18.8 Å². The first-order valence-corrected chi connectivity index (χ1v) is 11.7. The molecule has 1 atom stereocenters. The monoisotopic (exact) mass is 454 g/mol. The summed E-state index contributed by atoms with van der Waals surface area (Å²) in [5.74, 6) is 0. The summed E-state index contributed by atoms with van der Waals surface area (Å²) in [6.45, 7) is 0. The van der Waals surface area contributed by atoms with Crippen LogP contribution in [-0.2, 0) is 20.4 Å². The average molecular weight is 456 g/mol. The third-order valence-electron chi connectivity index (χ3n) is 5.59. The van der Waals surface area contributed by atoms with Crippen molar-refractivity contribution in [3.63, 3.8) is 0 Å². The molecule has 1 aliphatic carbocycles. The van der Waals surface area contributed by atoms with Gasteiger partial charge in [-0.15, -0.1) is 0 Å². The second-order valence-corrected chi connectivity index (χ2v) is 13.5. The fraction of sp³-hybridized carbons (Fsp3) is 0.238. The molecule has 2 aromatic carbocycles. The molecule has 0 amide bonds. The van der Waals surface area contributed by atoms with Crippen LogP contribution < -0.4 is 42.4 Å². The Morgan fingerprint density at radius 1 is 0.769 bits per heavy atom. The van der Waals surface area contributed by atoms with Crippen LogP contribution in [0.1, 0.15) is 18.4 Å². The Hall–Kier alpha value is -0.279. The van der Waals surface area contributed by atoms with Crippen molar-refractivity contribution < 1.29 is 57.7 Å². The number of benzene rings is 2. The summed E-state index contributed by atoms with van der Waals surface area (Å²) < 4.78 is 0.246. The molecule has 0 nitrogen and oxygen atoms in total. The van der Waals surface area contributed by atoms with Gasteiger partial charge in [0, 0.05) is 0 Å². The van der Waals surface area contributed by atoms with Crippen LogP contribution in [0.25, 0.3) is 5.57 Å². The van der Waals surface area contributed by atoms with Gasteiger partial charge in [-0.25, -0.2) is 0 Å². The predicted octanol–water partition coefficient (Wildman–Crippen LogP) is -3.95. The topological polar surface area (TPSA) is 0 Å². The number of rotatable bonds is 3. The average Bonchev–Trinajstić information content (AvgIpc) is 3.25. The van der Waals surface area contributed by atoms with Crippen LogP contribution in [0.2, 0.25) is 15.4 Å². The van der Waals surface area contributed by atoms with E-state index in [1.165, 1.54) is 36.1 Å². The van der Waals surface area contributed by atoms with Crippen molar-refractivity contribution in [2.24, 2.45) is 0 Å². The zero-order valence-electron chi connectivity index (χ0n) is 14.5. The molecule has 1 heterocycles. The van der Waals surface area contributed by atoms with E-state index in [-0.39, 0.29) is 40.6 Å². The van der Waals surface area contributed by atoms with Crippen LogP contribution in [0.4, 0.5) is 0 Å². The molecule has 26 heavy (non-hydrogen) atoms. The van der Waals surface area contributed by atoms with Gasteiger partial charge >= 0.3 is 152 Å². The maximum atomic E-state index is 2.58. The van der Waals surface area contributed by atoms with Gasteiger partial charge in [-0.05, 0) is 0 Å². The van der Waals surface area contributed by atoms with Crippen molar-refractivity contribution in [3.8, 4) is 0 Å². The molecule has 0 N–H and O–H groups in total. The SMILES string of the molecule is [Cl-].[Cl-].[Cl-].[Ti+3][C]1([Si]2(c3ccccc3)CCCC2)C=CC(c2ccccc2)=C1. The van der Waals surface area contributed by atoms with Gasteiger partial charge in [0.25, 0.3) is 0 Å². The molecule has 2 aliphatic rings. The summed E-state index contributed by atoms with van der Waals surface area (Å²) in [4.78, 5) is 0. The van der Waals surface area contributed by atoms with Gasteiger partial charge in [0.05, 0.1) is 0 Å². The van der Waals surface area contributed by atoms with Gasteiger partial charge in [-0.2, -0.15) is 0 Å². The maximum absolute atomic E-state index is 2.58. The standard InChI is InChI=1S/C21H21Si.3ClH.Ti/c1-3-9-18(10-4-1)19-13-14-21(17-19)22(15-7-8-16-22)20-11-5-2-6-12-20;;;;/h1-6,9-14,17H,7-8,15-16H2;3*1H;/q;;;;+3/p-3. The summed E-state index contributed by atoms with van der Waals surface area (Å²) in [5.41, 5.74) is 2.76. The number of halogens is 3. The summed E-state index contributed by atoms with van der Waals surface area (Å²) in [7, 11) is -1.54. The Bertz CT molecular complexity index is 755. The molecule has 1 aliphatic heterocycles. The molecule has 2 aromatic rings. The molecular formula is C21H21Cl3SiTi. The van der Waals surface area contributed by atoms with Crippen LogP contribution in [0.15, 0.2) is 78.9 Å². The second-order valence-electron chi connectivity index (χ2n) is 6.82. The van der Waals surface area contributed by atoms with Crippen molar-refractivity contribution in [3.05, 3.63) is 84.5 Å². The molecule has 0 aromatic heterocycles. The number of allylic oxidation sites excluding steroid dienone is 4. The molecule has 5 heteroatoms. The molecule has 1 unspecified atom stereocenters. The van der Waals surface area contributed by atoms with Gasteiger partial charge in [0.15, 0.2) is 0 Å². The first-order valence-electron chi connectivity index (χ1n) is 8.52. The van der Waals surface area contributed by atoms with E-state index in [2.05, 4.69) is 99.3 Å². The van der Waals surface area contributed by atoms with Gasteiger partial charge in [-0.3, -0.25) is 0 Å². The van der Waals surface area contributed by atoms with Crippen molar-refractivity contribution in [1.82, 2.24) is 0 Å².